The van der Waals surface area contributed by atoms with Crippen molar-refractivity contribution in [3.8, 4) is 0 Å². The Hall–Kier alpha value is -0.0917. The molecule has 0 saturated carbocycles. The summed E-state index contributed by atoms with van der Waals surface area (Å²) in [5.74, 6) is 0. The van der Waals surface area contributed by atoms with Crippen LogP contribution in [0.15, 0.2) is 30.3 Å². The Morgan fingerprint density at radius 1 is 0.857 bits per heavy atom. The molecular weight excluding hydrogens is 340 g/mol. The van der Waals surface area contributed by atoms with Crippen molar-refractivity contribution in [3.63, 3.8) is 0 Å². The molecule has 0 heterocycles. The minimum Gasteiger partial charge on any atom is -0.335 e. The van der Waals surface area contributed by atoms with Crippen molar-refractivity contribution in [1.82, 2.24) is 0 Å². The fraction of sp³-hybridized carbons (Fsp3) is 0.462. The monoisotopic (exact) mass is 366 g/mol. The first-order chi connectivity index (χ1) is 5.41. The molecule has 0 atom stereocenters. The molecule has 0 spiro atoms. The molecule has 1 heteroatoms. The molecule has 0 amide bonds. The summed E-state index contributed by atoms with van der Waals surface area (Å²) < 4.78 is 0. The van der Waals surface area contributed by atoms with Crippen molar-refractivity contribution in [2.24, 2.45) is 0 Å². The topological polar surface area (TPSA) is 0 Å². The summed E-state index contributed by atoms with van der Waals surface area (Å²) in [5, 5.41) is 0. The van der Waals surface area contributed by atoms with Crippen LogP contribution in [0.3, 0.4) is 0 Å². The van der Waals surface area contributed by atoms with Crippen molar-refractivity contribution in [2.75, 3.05) is 0 Å². The number of hydrogen-bond donors (Lipinski definition) is 0. The standard InChI is InChI=1S/C6H5.C3H7.C2H6.2CH4.W/c1-2-4-6-5-3-1;1-3-2;1-2;;;/h1-5H;3H,1-2H3;1-2H3;2*1H4;/q2*-1;;;;+2. The Morgan fingerprint density at radius 2 is 1.14 bits per heavy atom. The molecule has 1 rings (SSSR count). The van der Waals surface area contributed by atoms with E-state index in [1.165, 1.54) is 0 Å². The van der Waals surface area contributed by atoms with Crippen molar-refractivity contribution in [3.05, 3.63) is 42.8 Å². The van der Waals surface area contributed by atoms with Crippen LogP contribution in [0.5, 0.6) is 0 Å². The molecular formula is C13H26W. The normalized spacial score (nSPS) is 5.14. The average molecular weight is 366 g/mol. The summed E-state index contributed by atoms with van der Waals surface area (Å²) in [6, 6.07) is 12.5. The van der Waals surface area contributed by atoms with Crippen LogP contribution >= 0.6 is 0 Å². The van der Waals surface area contributed by atoms with Crippen LogP contribution in [0.1, 0.15) is 42.5 Å². The molecule has 0 nitrogen and oxygen atoms in total. The zero-order valence-electron chi connectivity index (χ0n) is 8.37. The van der Waals surface area contributed by atoms with E-state index in [2.05, 4.69) is 6.07 Å². The zero-order chi connectivity index (χ0) is 8.95. The van der Waals surface area contributed by atoms with Gasteiger partial charge in [0.15, 0.2) is 0 Å². The first-order valence-electron chi connectivity index (χ1n) is 4.07. The maximum absolute atomic E-state index is 2.89. The predicted octanol–water partition coefficient (Wildman–Crippen LogP) is 5.01. The largest absolute Gasteiger partial charge is 2.00 e. The predicted molar refractivity (Wildman–Crippen MR) is 65.7 cm³/mol. The molecule has 0 aromatic heterocycles. The van der Waals surface area contributed by atoms with Crippen LogP contribution in [0.25, 0.3) is 0 Å². The Kier molecular flexibility index (Phi) is 80.0. The van der Waals surface area contributed by atoms with E-state index in [4.69, 9.17) is 0 Å². The molecule has 0 fully saturated rings. The summed E-state index contributed by atoms with van der Waals surface area (Å²) in [4.78, 5) is 0. The van der Waals surface area contributed by atoms with Gasteiger partial charge >= 0.3 is 21.1 Å². The number of hydrogen-bond acceptors (Lipinski definition) is 0. The third kappa shape index (κ3) is 40.6. The van der Waals surface area contributed by atoms with Crippen LogP contribution in [0.4, 0.5) is 0 Å². The SMILES string of the molecule is C.C.CC.C[CH-]C.[W+2].[c-]1ccccc1. The Bertz CT molecular complexity index is 88.1. The second-order valence-electron chi connectivity index (χ2n) is 1.65. The van der Waals surface area contributed by atoms with Gasteiger partial charge in [-0.15, -0.1) is 0 Å². The molecule has 1 aromatic rings. The van der Waals surface area contributed by atoms with Crippen LogP contribution in [-0.2, 0) is 21.1 Å². The molecule has 0 radical (unpaired) electrons. The van der Waals surface area contributed by atoms with Crippen LogP contribution in [0, 0.1) is 12.5 Å². The van der Waals surface area contributed by atoms with Gasteiger partial charge in [-0.1, -0.05) is 28.7 Å². The Labute approximate surface area is 106 Å². The first kappa shape index (κ1) is 29.2. The van der Waals surface area contributed by atoms with Gasteiger partial charge in [0.2, 0.25) is 0 Å². The average Bonchev–Trinajstić information content (AvgIpc) is 2.12. The van der Waals surface area contributed by atoms with Crippen LogP contribution in [0.2, 0.25) is 0 Å². The van der Waals surface area contributed by atoms with Crippen molar-refractivity contribution in [2.45, 2.75) is 42.5 Å². The minimum atomic E-state index is 0. The molecule has 0 aliphatic carbocycles. The smallest absolute Gasteiger partial charge is 0.335 e. The van der Waals surface area contributed by atoms with Crippen LogP contribution in [-0.4, -0.2) is 0 Å². The molecule has 0 bridgehead atoms. The van der Waals surface area contributed by atoms with Crippen molar-refractivity contribution >= 4 is 0 Å². The summed E-state index contributed by atoms with van der Waals surface area (Å²) in [7, 11) is 0. The molecule has 84 valence electrons. The number of rotatable bonds is 0. The zero-order valence-corrected chi connectivity index (χ0v) is 11.3. The molecule has 0 unspecified atom stereocenters. The minimum absolute atomic E-state index is 0. The van der Waals surface area contributed by atoms with Gasteiger partial charge in [0.1, 0.15) is 0 Å². The second-order valence-corrected chi connectivity index (χ2v) is 1.65. The third-order valence-electron chi connectivity index (χ3n) is 0.607. The van der Waals surface area contributed by atoms with E-state index in [0.717, 1.165) is 0 Å². The summed E-state index contributed by atoms with van der Waals surface area (Å²) >= 11 is 0. The maximum Gasteiger partial charge on any atom is 2.00 e. The van der Waals surface area contributed by atoms with E-state index in [1.807, 2.05) is 64.4 Å². The van der Waals surface area contributed by atoms with E-state index >= 15 is 0 Å². The van der Waals surface area contributed by atoms with Gasteiger partial charge < -0.3 is 6.42 Å². The van der Waals surface area contributed by atoms with Crippen LogP contribution < -0.4 is 0 Å². The van der Waals surface area contributed by atoms with E-state index in [0.29, 0.717) is 0 Å². The van der Waals surface area contributed by atoms with E-state index in [9.17, 15) is 0 Å². The molecule has 1 aromatic carbocycles. The Morgan fingerprint density at radius 3 is 1.21 bits per heavy atom. The van der Waals surface area contributed by atoms with E-state index in [-0.39, 0.29) is 35.9 Å². The summed E-state index contributed by atoms with van der Waals surface area (Å²) in [6.07, 6.45) is 2.00. The van der Waals surface area contributed by atoms with Gasteiger partial charge in [0.05, 0.1) is 0 Å². The maximum atomic E-state index is 2.89. The van der Waals surface area contributed by atoms with Gasteiger partial charge in [0.25, 0.3) is 0 Å². The van der Waals surface area contributed by atoms with E-state index in [1.54, 1.807) is 0 Å². The molecule has 0 saturated heterocycles. The summed E-state index contributed by atoms with van der Waals surface area (Å²) in [5.41, 5.74) is 0. The molecule has 14 heavy (non-hydrogen) atoms. The second kappa shape index (κ2) is 38.4. The fourth-order valence-corrected chi connectivity index (χ4v) is 0.342. The van der Waals surface area contributed by atoms with E-state index < -0.39 is 0 Å². The Balaban J connectivity index is -0.0000000305. The molecule has 0 N–H and O–H groups in total. The summed E-state index contributed by atoms with van der Waals surface area (Å²) in [6.45, 7) is 8.00. The van der Waals surface area contributed by atoms with Crippen molar-refractivity contribution in [1.29, 1.82) is 0 Å². The molecule has 0 aliphatic rings. The van der Waals surface area contributed by atoms with Gasteiger partial charge in [-0.05, 0) is 0 Å². The molecule has 0 aliphatic heterocycles. The van der Waals surface area contributed by atoms with Gasteiger partial charge in [-0.25, -0.2) is 0 Å². The van der Waals surface area contributed by atoms with Gasteiger partial charge in [-0.2, -0.15) is 50.2 Å². The quantitative estimate of drug-likeness (QED) is 0.566. The van der Waals surface area contributed by atoms with Gasteiger partial charge in [-0.3, -0.25) is 0 Å². The fourth-order valence-electron chi connectivity index (χ4n) is 0.342. The van der Waals surface area contributed by atoms with Crippen molar-refractivity contribution < 1.29 is 21.1 Å². The third-order valence-corrected chi connectivity index (χ3v) is 0.607. The first-order valence-corrected chi connectivity index (χ1v) is 4.07. The number of benzene rings is 1. The van der Waals surface area contributed by atoms with Gasteiger partial charge in [0, 0.05) is 0 Å².